The molecule has 1 aliphatic rings. The molecule has 1 N–H and O–H groups in total. The number of esters is 1. The lowest BCUT2D eigenvalue weighted by molar-refractivity contribution is 0.0514. The van der Waals surface area contributed by atoms with Gasteiger partial charge in [0.2, 0.25) is 0 Å². The first-order valence-corrected chi connectivity index (χ1v) is 8.71. The van der Waals surface area contributed by atoms with Gasteiger partial charge in [-0.3, -0.25) is 0 Å². The zero-order valence-corrected chi connectivity index (χ0v) is 13.8. The van der Waals surface area contributed by atoms with E-state index in [0.29, 0.717) is 5.56 Å². The Bertz CT molecular complexity index is 475. The van der Waals surface area contributed by atoms with Gasteiger partial charge in [-0.25, -0.2) is 9.18 Å². The van der Waals surface area contributed by atoms with Crippen LogP contribution in [0.5, 0.6) is 0 Å². The molecule has 0 aliphatic heterocycles. The summed E-state index contributed by atoms with van der Waals surface area (Å²) in [6.45, 7) is 4.21. The van der Waals surface area contributed by atoms with Crippen molar-refractivity contribution >= 4 is 5.97 Å². The largest absolute Gasteiger partial charge is 0.461 e. The van der Waals surface area contributed by atoms with Crippen molar-refractivity contribution in [2.75, 3.05) is 6.61 Å². The van der Waals surface area contributed by atoms with E-state index in [2.05, 4.69) is 11.9 Å². The minimum atomic E-state index is -0.598. The first kappa shape index (κ1) is 17.0. The Balaban J connectivity index is 1.90. The maximum absolute atomic E-state index is 14.4. The van der Waals surface area contributed by atoms with Crippen LogP contribution in [0.1, 0.15) is 87.2 Å². The number of H-pyrrole nitrogens is 1. The Morgan fingerprint density at radius 3 is 2.64 bits per heavy atom. The summed E-state index contributed by atoms with van der Waals surface area (Å²) >= 11 is 0. The average Bonchev–Trinajstić information content (AvgIpc) is 2.90. The van der Waals surface area contributed by atoms with Gasteiger partial charge in [0.1, 0.15) is 0 Å². The molecule has 22 heavy (non-hydrogen) atoms. The summed E-state index contributed by atoms with van der Waals surface area (Å²) in [5.41, 5.74) is 0.636. The van der Waals surface area contributed by atoms with Gasteiger partial charge in [0, 0.05) is 11.8 Å². The van der Waals surface area contributed by atoms with Crippen LogP contribution in [0, 0.1) is 11.7 Å². The number of hydrogen-bond donors (Lipinski definition) is 1. The standard InChI is InChI=1S/C18H28FNO2/c1-3-5-6-7-13-8-10-14(11-9-13)15-12-20-17(16(15)19)18(21)22-4-2/h12-14,20H,3-11H2,1-2H3/t13-,14+. The van der Waals surface area contributed by atoms with Gasteiger partial charge < -0.3 is 9.72 Å². The zero-order chi connectivity index (χ0) is 15.9. The Morgan fingerprint density at radius 2 is 2.00 bits per heavy atom. The van der Waals surface area contributed by atoms with E-state index in [1.54, 1.807) is 13.1 Å². The Kier molecular flexibility index (Phi) is 6.47. The second kappa shape index (κ2) is 8.35. The molecule has 0 bridgehead atoms. The maximum Gasteiger partial charge on any atom is 0.357 e. The highest BCUT2D eigenvalue weighted by molar-refractivity contribution is 5.88. The van der Waals surface area contributed by atoms with E-state index in [0.717, 1.165) is 18.8 Å². The quantitative estimate of drug-likeness (QED) is 0.556. The third-order valence-electron chi connectivity index (χ3n) is 4.83. The van der Waals surface area contributed by atoms with Crippen LogP contribution in [-0.4, -0.2) is 17.6 Å². The van der Waals surface area contributed by atoms with Gasteiger partial charge in [-0.2, -0.15) is 0 Å². The Morgan fingerprint density at radius 1 is 1.27 bits per heavy atom. The lowest BCUT2D eigenvalue weighted by Crippen LogP contribution is -2.14. The maximum atomic E-state index is 14.4. The highest BCUT2D eigenvalue weighted by Gasteiger charge is 2.27. The van der Waals surface area contributed by atoms with Gasteiger partial charge in [0.25, 0.3) is 0 Å². The van der Waals surface area contributed by atoms with Gasteiger partial charge in [0.15, 0.2) is 11.5 Å². The number of aromatic nitrogens is 1. The molecule has 0 radical (unpaired) electrons. The first-order chi connectivity index (χ1) is 10.7. The number of ether oxygens (including phenoxy) is 1. The van der Waals surface area contributed by atoms with Gasteiger partial charge in [0.05, 0.1) is 6.61 Å². The summed E-state index contributed by atoms with van der Waals surface area (Å²) in [5, 5.41) is 0. The van der Waals surface area contributed by atoms with Crippen LogP contribution < -0.4 is 0 Å². The second-order valence-corrected chi connectivity index (χ2v) is 6.37. The van der Waals surface area contributed by atoms with Crippen LogP contribution in [0.3, 0.4) is 0 Å². The fourth-order valence-corrected chi connectivity index (χ4v) is 3.51. The normalized spacial score (nSPS) is 21.8. The van der Waals surface area contributed by atoms with Crippen molar-refractivity contribution < 1.29 is 13.9 Å². The van der Waals surface area contributed by atoms with Crippen molar-refractivity contribution in [2.24, 2.45) is 5.92 Å². The highest BCUT2D eigenvalue weighted by atomic mass is 19.1. The van der Waals surface area contributed by atoms with Gasteiger partial charge >= 0.3 is 5.97 Å². The number of carbonyl (C=O) groups is 1. The van der Waals surface area contributed by atoms with Crippen LogP contribution in [0.4, 0.5) is 4.39 Å². The lowest BCUT2D eigenvalue weighted by atomic mass is 9.77. The summed E-state index contributed by atoms with van der Waals surface area (Å²) in [5.74, 6) is 0.0311. The number of halogens is 1. The molecule has 0 atom stereocenters. The van der Waals surface area contributed by atoms with E-state index in [-0.39, 0.29) is 18.2 Å². The number of carbonyl (C=O) groups excluding carboxylic acids is 1. The molecule has 1 heterocycles. The van der Waals surface area contributed by atoms with Gasteiger partial charge in [-0.15, -0.1) is 0 Å². The van der Waals surface area contributed by atoms with E-state index in [9.17, 15) is 9.18 Å². The fraction of sp³-hybridized carbons (Fsp3) is 0.722. The van der Waals surface area contributed by atoms with Crippen LogP contribution in [0.2, 0.25) is 0 Å². The summed E-state index contributed by atoms with van der Waals surface area (Å²) in [4.78, 5) is 14.4. The summed E-state index contributed by atoms with van der Waals surface area (Å²) in [6.07, 6.45) is 11.3. The SMILES string of the molecule is CCCCC[C@H]1CC[C@@H](c2c[nH]c(C(=O)OCC)c2F)CC1. The van der Waals surface area contributed by atoms with Crippen molar-refractivity contribution in [1.29, 1.82) is 0 Å². The molecule has 1 saturated carbocycles. The Hall–Kier alpha value is -1.32. The van der Waals surface area contributed by atoms with Crippen LogP contribution in [-0.2, 0) is 4.74 Å². The molecule has 0 spiro atoms. The predicted octanol–water partition coefficient (Wildman–Crippen LogP) is 5.18. The highest BCUT2D eigenvalue weighted by Crippen LogP contribution is 2.39. The number of unbranched alkanes of at least 4 members (excludes halogenated alkanes) is 2. The molecular formula is C18H28FNO2. The molecule has 0 amide bonds. The number of hydrogen-bond acceptors (Lipinski definition) is 2. The number of aromatic amines is 1. The zero-order valence-electron chi connectivity index (χ0n) is 13.8. The minimum absolute atomic E-state index is 0.0260. The molecule has 0 aromatic carbocycles. The molecule has 1 aliphatic carbocycles. The van der Waals surface area contributed by atoms with Crippen LogP contribution in [0.15, 0.2) is 6.20 Å². The molecule has 124 valence electrons. The van der Waals surface area contributed by atoms with Crippen LogP contribution in [0.25, 0.3) is 0 Å². The number of rotatable bonds is 7. The smallest absolute Gasteiger partial charge is 0.357 e. The van der Waals surface area contributed by atoms with Crippen molar-refractivity contribution in [1.82, 2.24) is 4.98 Å². The van der Waals surface area contributed by atoms with E-state index in [1.165, 1.54) is 38.5 Å². The summed E-state index contributed by atoms with van der Waals surface area (Å²) in [6, 6.07) is 0. The van der Waals surface area contributed by atoms with Crippen molar-refractivity contribution in [3.63, 3.8) is 0 Å². The average molecular weight is 309 g/mol. The lowest BCUT2D eigenvalue weighted by Gasteiger charge is -2.28. The van der Waals surface area contributed by atoms with Crippen molar-refractivity contribution in [2.45, 2.75) is 71.1 Å². The van der Waals surface area contributed by atoms with E-state index < -0.39 is 11.8 Å². The fourth-order valence-electron chi connectivity index (χ4n) is 3.51. The third kappa shape index (κ3) is 4.11. The topological polar surface area (TPSA) is 42.1 Å². The molecular weight excluding hydrogens is 281 g/mol. The second-order valence-electron chi connectivity index (χ2n) is 6.37. The van der Waals surface area contributed by atoms with E-state index in [4.69, 9.17) is 4.74 Å². The predicted molar refractivity (Wildman–Crippen MR) is 85.5 cm³/mol. The summed E-state index contributed by atoms with van der Waals surface area (Å²) in [7, 11) is 0. The van der Waals surface area contributed by atoms with Gasteiger partial charge in [-0.1, -0.05) is 32.6 Å². The molecule has 0 saturated heterocycles. The molecule has 3 nitrogen and oxygen atoms in total. The molecule has 4 heteroatoms. The van der Waals surface area contributed by atoms with Gasteiger partial charge in [-0.05, 0) is 44.4 Å². The molecule has 0 unspecified atom stereocenters. The molecule has 1 aromatic rings. The first-order valence-electron chi connectivity index (χ1n) is 8.71. The molecule has 1 aromatic heterocycles. The third-order valence-corrected chi connectivity index (χ3v) is 4.83. The van der Waals surface area contributed by atoms with E-state index >= 15 is 0 Å². The molecule has 2 rings (SSSR count). The summed E-state index contributed by atoms with van der Waals surface area (Å²) < 4.78 is 19.3. The Labute approximate surface area is 132 Å². The van der Waals surface area contributed by atoms with Crippen molar-refractivity contribution in [3.05, 3.63) is 23.3 Å². The van der Waals surface area contributed by atoms with E-state index in [1.807, 2.05) is 0 Å². The monoisotopic (exact) mass is 309 g/mol. The van der Waals surface area contributed by atoms with Crippen LogP contribution >= 0.6 is 0 Å². The number of nitrogens with one attached hydrogen (secondary N) is 1. The minimum Gasteiger partial charge on any atom is -0.461 e. The molecule has 1 fully saturated rings. The van der Waals surface area contributed by atoms with Crippen molar-refractivity contribution in [3.8, 4) is 0 Å².